The minimum Gasteiger partial charge on any atom is -0.456 e. The smallest absolute Gasteiger partial charge is 0.136 e. The van der Waals surface area contributed by atoms with Gasteiger partial charge < -0.3 is 4.42 Å². The molecule has 0 fully saturated rings. The van der Waals surface area contributed by atoms with E-state index >= 15 is 0 Å². The van der Waals surface area contributed by atoms with Crippen LogP contribution >= 0.6 is 11.6 Å². The Morgan fingerprint density at radius 3 is 2.45 bits per heavy atom. The molecule has 4 rings (SSSR count). The second-order valence-electron chi connectivity index (χ2n) is 4.27. The number of benzene rings is 3. The van der Waals surface area contributed by atoms with Crippen LogP contribution in [0.25, 0.3) is 33.1 Å². The quantitative estimate of drug-likeness (QED) is 0.424. The Kier molecular flexibility index (Phi) is 1.42. The molecule has 0 aliphatic heterocycles. The Balaban J connectivity index is 2.32. The highest BCUT2D eigenvalue weighted by atomic mass is 35.5. The highest BCUT2D eigenvalue weighted by Gasteiger charge is 2.11. The van der Waals surface area contributed by atoms with E-state index in [0.717, 1.165) is 0 Å². The van der Waals surface area contributed by atoms with Crippen molar-refractivity contribution in [1.82, 2.24) is 0 Å². The Labute approximate surface area is 131 Å². The van der Waals surface area contributed by atoms with Crippen molar-refractivity contribution in [2.45, 2.75) is 0 Å². The molecule has 20 heavy (non-hydrogen) atoms. The zero-order valence-corrected chi connectivity index (χ0v) is 10.9. The first-order valence-corrected chi connectivity index (χ1v) is 6.30. The first-order chi connectivity index (χ1) is 12.7. The molecule has 2 heteroatoms. The predicted molar refractivity (Wildman–Crippen MR) is 84.2 cm³/mol. The first kappa shape index (κ1) is 6.47. The van der Waals surface area contributed by atoms with Gasteiger partial charge in [-0.3, -0.25) is 0 Å². The molecule has 0 atom stereocenters. The average molecular weight is 286 g/mol. The minimum atomic E-state index is -0.441. The van der Waals surface area contributed by atoms with Crippen molar-refractivity contribution in [3.63, 3.8) is 0 Å². The summed E-state index contributed by atoms with van der Waals surface area (Å²) in [6.07, 6.45) is 0. The lowest BCUT2D eigenvalue weighted by atomic mass is 10.00. The Hall–Kier alpha value is -2.25. The van der Waals surface area contributed by atoms with Crippen LogP contribution in [0, 0.1) is 0 Å². The molecular formula is C18H11ClO. The van der Waals surface area contributed by atoms with Crippen molar-refractivity contribution in [3.8, 4) is 11.1 Å². The summed E-state index contributed by atoms with van der Waals surface area (Å²) >= 11 is 5.94. The fraction of sp³-hybridized carbons (Fsp3) is 0. The second kappa shape index (κ2) is 4.39. The van der Waals surface area contributed by atoms with E-state index in [4.69, 9.17) is 25.6 Å². The van der Waals surface area contributed by atoms with Gasteiger partial charge in [0.05, 0.1) is 9.60 Å². The monoisotopic (exact) mass is 285 g/mol. The van der Waals surface area contributed by atoms with Crippen LogP contribution in [0.15, 0.2) is 71.0 Å². The number of furan rings is 1. The largest absolute Gasteiger partial charge is 0.456 e. The zero-order chi connectivity index (χ0) is 19.6. The molecule has 0 unspecified atom stereocenters. The molecule has 0 spiro atoms. The summed E-state index contributed by atoms with van der Waals surface area (Å²) < 4.78 is 62.4. The molecule has 96 valence electrons. The van der Waals surface area contributed by atoms with Gasteiger partial charge in [0.1, 0.15) is 11.2 Å². The third kappa shape index (κ3) is 1.71. The SMILES string of the molecule is [2H]c1c([2H])c([2H])c2c(oc3c([2H])c([2H])c([2H])c(-c4ccc(Cl)cc4)c32)c1[2H]. The van der Waals surface area contributed by atoms with Crippen molar-refractivity contribution in [1.29, 1.82) is 0 Å². The van der Waals surface area contributed by atoms with Crippen molar-refractivity contribution >= 4 is 33.5 Å². The van der Waals surface area contributed by atoms with Gasteiger partial charge in [0.15, 0.2) is 0 Å². The van der Waals surface area contributed by atoms with Crippen LogP contribution in [0.4, 0.5) is 0 Å². The summed E-state index contributed by atoms with van der Waals surface area (Å²) in [6, 6.07) is 4.13. The fourth-order valence-corrected chi connectivity index (χ4v) is 2.32. The maximum Gasteiger partial charge on any atom is 0.136 e. The lowest BCUT2D eigenvalue weighted by Gasteiger charge is -2.03. The molecule has 0 saturated heterocycles. The molecule has 3 aromatic carbocycles. The van der Waals surface area contributed by atoms with E-state index < -0.39 is 12.1 Å². The Morgan fingerprint density at radius 1 is 0.850 bits per heavy atom. The van der Waals surface area contributed by atoms with Gasteiger partial charge in [0, 0.05) is 15.8 Å². The molecule has 0 bridgehead atoms. The summed E-state index contributed by atoms with van der Waals surface area (Å²) in [5.74, 6) is 0. The van der Waals surface area contributed by atoms with Crippen LogP contribution in [0.3, 0.4) is 0 Å². The Morgan fingerprint density at radius 2 is 1.60 bits per heavy atom. The maximum absolute atomic E-state index is 8.37. The third-order valence-corrected chi connectivity index (χ3v) is 3.33. The van der Waals surface area contributed by atoms with Crippen LogP contribution in [-0.4, -0.2) is 0 Å². The molecule has 0 N–H and O–H groups in total. The lowest BCUT2D eigenvalue weighted by Crippen LogP contribution is -1.79. The van der Waals surface area contributed by atoms with E-state index in [9.17, 15) is 0 Å². The highest BCUT2D eigenvalue weighted by molar-refractivity contribution is 6.30. The fourth-order valence-electron chi connectivity index (χ4n) is 2.19. The number of halogens is 1. The molecule has 1 nitrogen and oxygen atoms in total. The van der Waals surface area contributed by atoms with E-state index in [-0.39, 0.29) is 57.7 Å². The van der Waals surface area contributed by atoms with Gasteiger partial charge in [-0.2, -0.15) is 0 Å². The molecule has 1 aromatic heterocycles. The molecule has 4 aromatic rings. The van der Waals surface area contributed by atoms with Crippen molar-refractivity contribution in [3.05, 3.63) is 71.6 Å². The maximum atomic E-state index is 8.37. The van der Waals surface area contributed by atoms with Gasteiger partial charge in [-0.1, -0.05) is 53.9 Å². The molecule has 0 amide bonds. The van der Waals surface area contributed by atoms with E-state index in [2.05, 4.69) is 0 Å². The van der Waals surface area contributed by atoms with Gasteiger partial charge in [-0.05, 0) is 35.3 Å². The Bertz CT molecular complexity index is 1250. The van der Waals surface area contributed by atoms with Crippen LogP contribution in [0.1, 0.15) is 9.60 Å². The first-order valence-electron chi connectivity index (χ1n) is 9.42. The summed E-state index contributed by atoms with van der Waals surface area (Å²) in [6.45, 7) is 0. The highest BCUT2D eigenvalue weighted by Crippen LogP contribution is 2.36. The summed E-state index contributed by atoms with van der Waals surface area (Å²) in [5.41, 5.74) is 0.678. The molecule has 0 aliphatic rings. The van der Waals surface area contributed by atoms with E-state index in [1.165, 1.54) is 0 Å². The lowest BCUT2D eigenvalue weighted by molar-refractivity contribution is 0.669. The van der Waals surface area contributed by atoms with Crippen LogP contribution < -0.4 is 0 Å². The van der Waals surface area contributed by atoms with Crippen molar-refractivity contribution in [2.75, 3.05) is 0 Å². The van der Waals surface area contributed by atoms with Gasteiger partial charge in [-0.25, -0.2) is 0 Å². The standard InChI is InChI=1S/C18H11ClO/c19-13-10-8-12(9-11-13)14-5-3-7-17-18(14)15-4-1-2-6-16(15)20-17/h1-11H/i1D,2D,3D,4D,5D,6D,7D. The predicted octanol–water partition coefficient (Wildman–Crippen LogP) is 5.91. The minimum absolute atomic E-state index is 0.0389. The van der Waals surface area contributed by atoms with Crippen molar-refractivity contribution < 1.29 is 14.0 Å². The van der Waals surface area contributed by atoms with Crippen LogP contribution in [0.2, 0.25) is 5.02 Å². The summed E-state index contributed by atoms with van der Waals surface area (Å²) in [5, 5.41) is 0.817. The number of hydrogen-bond acceptors (Lipinski definition) is 1. The third-order valence-electron chi connectivity index (χ3n) is 3.08. The molecule has 0 saturated carbocycles. The van der Waals surface area contributed by atoms with E-state index in [1.54, 1.807) is 24.3 Å². The van der Waals surface area contributed by atoms with Gasteiger partial charge in [0.25, 0.3) is 0 Å². The number of para-hydroxylation sites is 1. The second-order valence-corrected chi connectivity index (χ2v) is 4.70. The molecule has 0 radical (unpaired) electrons. The summed E-state index contributed by atoms with van der Waals surface area (Å²) in [4.78, 5) is 0. The van der Waals surface area contributed by atoms with Crippen LogP contribution in [0.5, 0.6) is 0 Å². The molecule has 0 aliphatic carbocycles. The average Bonchev–Trinajstić information content (AvgIpc) is 3.05. The number of fused-ring (bicyclic) bond motifs is 3. The number of hydrogen-bond donors (Lipinski definition) is 0. The topological polar surface area (TPSA) is 13.1 Å². The number of rotatable bonds is 1. The van der Waals surface area contributed by atoms with Gasteiger partial charge >= 0.3 is 0 Å². The normalized spacial score (nSPS) is 16.1. The van der Waals surface area contributed by atoms with E-state index in [0.29, 0.717) is 10.6 Å². The summed E-state index contributed by atoms with van der Waals surface area (Å²) in [7, 11) is 0. The van der Waals surface area contributed by atoms with Gasteiger partial charge in [0.2, 0.25) is 0 Å². The van der Waals surface area contributed by atoms with E-state index in [1.807, 2.05) is 0 Å². The zero-order valence-electron chi connectivity index (χ0n) is 17.1. The van der Waals surface area contributed by atoms with Crippen molar-refractivity contribution in [2.24, 2.45) is 0 Å². The van der Waals surface area contributed by atoms with Crippen LogP contribution in [-0.2, 0) is 0 Å². The molecule has 1 heterocycles. The van der Waals surface area contributed by atoms with Gasteiger partial charge in [-0.15, -0.1) is 0 Å². The molecular weight excluding hydrogens is 268 g/mol.